The first-order chi connectivity index (χ1) is 8.70. The summed E-state index contributed by atoms with van der Waals surface area (Å²) in [6.07, 6.45) is 1.37. The fourth-order valence-electron chi connectivity index (χ4n) is 2.32. The van der Waals surface area contributed by atoms with Crippen LogP contribution < -0.4 is 0 Å². The van der Waals surface area contributed by atoms with Crippen molar-refractivity contribution >= 4 is 0 Å². The van der Waals surface area contributed by atoms with Gasteiger partial charge in [-0.25, -0.2) is 0 Å². The van der Waals surface area contributed by atoms with Crippen molar-refractivity contribution in [1.82, 2.24) is 4.90 Å². The van der Waals surface area contributed by atoms with Gasteiger partial charge < -0.3 is 10.0 Å². The summed E-state index contributed by atoms with van der Waals surface area (Å²) in [6, 6.07) is 8.18. The summed E-state index contributed by atoms with van der Waals surface area (Å²) in [5.74, 6) is 7.52. The lowest BCUT2D eigenvalue weighted by atomic mass is 10.1. The molecule has 0 amide bonds. The van der Waals surface area contributed by atoms with Crippen LogP contribution >= 0.6 is 0 Å². The Balaban J connectivity index is 1.99. The molecule has 1 aromatic rings. The summed E-state index contributed by atoms with van der Waals surface area (Å²) in [5.41, 5.74) is 2.27. The monoisotopic (exact) mass is 243 g/mol. The molecular formula is C16H21NO. The van der Waals surface area contributed by atoms with Gasteiger partial charge in [0.1, 0.15) is 6.61 Å². The Kier molecular flexibility index (Phi) is 4.41. The smallest absolute Gasteiger partial charge is 0.104 e. The molecule has 1 fully saturated rings. The Bertz CT molecular complexity index is 458. The first-order valence-corrected chi connectivity index (χ1v) is 6.57. The van der Waals surface area contributed by atoms with Gasteiger partial charge in [-0.15, -0.1) is 0 Å². The third-order valence-electron chi connectivity index (χ3n) is 3.58. The summed E-state index contributed by atoms with van der Waals surface area (Å²) in [6.45, 7) is 4.34. The summed E-state index contributed by atoms with van der Waals surface area (Å²) >= 11 is 0. The minimum absolute atomic E-state index is 0.0796. The maximum atomic E-state index is 8.77. The van der Waals surface area contributed by atoms with Crippen LogP contribution in [0.3, 0.4) is 0 Å². The number of hydrogen-bond donors (Lipinski definition) is 1. The SMILES string of the molecule is CC1CC1CN(C)Cc1ccccc1C#CCO. The van der Waals surface area contributed by atoms with Gasteiger partial charge in [0, 0.05) is 18.7 Å². The topological polar surface area (TPSA) is 23.5 Å². The van der Waals surface area contributed by atoms with Gasteiger partial charge in [-0.1, -0.05) is 37.0 Å². The van der Waals surface area contributed by atoms with Crippen molar-refractivity contribution in [3.8, 4) is 11.8 Å². The molecule has 1 saturated carbocycles. The number of nitrogens with zero attached hydrogens (tertiary/aromatic N) is 1. The molecule has 18 heavy (non-hydrogen) atoms. The first-order valence-electron chi connectivity index (χ1n) is 6.57. The largest absolute Gasteiger partial charge is 0.384 e. The molecule has 0 spiro atoms. The Labute approximate surface area is 110 Å². The summed E-state index contributed by atoms with van der Waals surface area (Å²) in [5, 5.41) is 8.77. The van der Waals surface area contributed by atoms with Gasteiger partial charge in [0.05, 0.1) is 0 Å². The van der Waals surface area contributed by atoms with E-state index in [1.54, 1.807) is 0 Å². The molecule has 0 bridgehead atoms. The lowest BCUT2D eigenvalue weighted by Crippen LogP contribution is -2.21. The van der Waals surface area contributed by atoms with E-state index < -0.39 is 0 Å². The van der Waals surface area contributed by atoms with E-state index in [2.05, 4.69) is 36.8 Å². The van der Waals surface area contributed by atoms with Crippen molar-refractivity contribution < 1.29 is 5.11 Å². The van der Waals surface area contributed by atoms with Crippen LogP contribution in [-0.2, 0) is 6.54 Å². The molecule has 2 atom stereocenters. The van der Waals surface area contributed by atoms with Crippen LogP contribution in [-0.4, -0.2) is 30.2 Å². The zero-order chi connectivity index (χ0) is 13.0. The van der Waals surface area contributed by atoms with Crippen molar-refractivity contribution in [1.29, 1.82) is 0 Å². The molecule has 2 nitrogen and oxygen atoms in total. The third-order valence-corrected chi connectivity index (χ3v) is 3.58. The summed E-state index contributed by atoms with van der Waals surface area (Å²) in [4.78, 5) is 2.37. The van der Waals surface area contributed by atoms with Crippen molar-refractivity contribution in [3.05, 3.63) is 35.4 Å². The third kappa shape index (κ3) is 3.60. The highest BCUT2D eigenvalue weighted by atomic mass is 16.2. The lowest BCUT2D eigenvalue weighted by molar-refractivity contribution is 0.307. The Hall–Kier alpha value is -1.30. The summed E-state index contributed by atoms with van der Waals surface area (Å²) in [7, 11) is 2.17. The summed E-state index contributed by atoms with van der Waals surface area (Å²) < 4.78 is 0. The van der Waals surface area contributed by atoms with Crippen molar-refractivity contribution in [2.45, 2.75) is 19.9 Å². The number of hydrogen-bond acceptors (Lipinski definition) is 2. The molecule has 1 aliphatic carbocycles. The lowest BCUT2D eigenvalue weighted by Gasteiger charge is -2.17. The average molecular weight is 243 g/mol. The van der Waals surface area contributed by atoms with Gasteiger partial charge in [0.15, 0.2) is 0 Å². The Morgan fingerprint density at radius 1 is 1.39 bits per heavy atom. The molecule has 0 saturated heterocycles. The van der Waals surface area contributed by atoms with E-state index in [4.69, 9.17) is 5.11 Å². The van der Waals surface area contributed by atoms with E-state index in [9.17, 15) is 0 Å². The maximum Gasteiger partial charge on any atom is 0.104 e. The van der Waals surface area contributed by atoms with Crippen LogP contribution in [0.1, 0.15) is 24.5 Å². The van der Waals surface area contributed by atoms with Crippen molar-refractivity contribution in [2.24, 2.45) is 11.8 Å². The number of aliphatic hydroxyl groups is 1. The van der Waals surface area contributed by atoms with Crippen LogP contribution in [0.2, 0.25) is 0 Å². The molecule has 0 heterocycles. The molecule has 0 aliphatic heterocycles. The molecule has 2 heteroatoms. The second-order valence-electron chi connectivity index (χ2n) is 5.29. The van der Waals surface area contributed by atoms with Gasteiger partial charge >= 0.3 is 0 Å². The first kappa shape index (κ1) is 13.1. The van der Waals surface area contributed by atoms with E-state index in [1.807, 2.05) is 18.2 Å². The highest BCUT2D eigenvalue weighted by molar-refractivity contribution is 5.41. The van der Waals surface area contributed by atoms with Gasteiger partial charge in [-0.05, 0) is 36.9 Å². The molecule has 96 valence electrons. The predicted molar refractivity (Wildman–Crippen MR) is 74.0 cm³/mol. The average Bonchev–Trinajstić information content (AvgIpc) is 3.03. The van der Waals surface area contributed by atoms with Crippen LogP contribution in [0.5, 0.6) is 0 Å². The standard InChI is InChI=1S/C16H21NO/c1-13-10-16(13)12-17(2)11-15-7-4-3-6-14(15)8-5-9-18/h3-4,6-7,13,16,18H,9-12H2,1-2H3. The molecule has 2 rings (SSSR count). The van der Waals surface area contributed by atoms with Gasteiger partial charge in [-0.3, -0.25) is 0 Å². The molecule has 1 aliphatic rings. The van der Waals surface area contributed by atoms with Gasteiger partial charge in [0.25, 0.3) is 0 Å². The fourth-order valence-corrected chi connectivity index (χ4v) is 2.32. The zero-order valence-electron chi connectivity index (χ0n) is 11.2. The van der Waals surface area contributed by atoms with E-state index in [0.717, 1.165) is 23.9 Å². The van der Waals surface area contributed by atoms with Gasteiger partial charge in [-0.2, -0.15) is 0 Å². The number of rotatable bonds is 4. The van der Waals surface area contributed by atoms with E-state index in [-0.39, 0.29) is 6.61 Å². The second kappa shape index (κ2) is 6.04. The van der Waals surface area contributed by atoms with Crippen molar-refractivity contribution in [3.63, 3.8) is 0 Å². The Morgan fingerprint density at radius 3 is 2.78 bits per heavy atom. The highest BCUT2D eigenvalue weighted by Gasteiger charge is 2.32. The Morgan fingerprint density at radius 2 is 2.11 bits per heavy atom. The minimum atomic E-state index is -0.0796. The maximum absolute atomic E-state index is 8.77. The molecule has 1 aromatic carbocycles. The molecule has 2 unspecified atom stereocenters. The van der Waals surface area contributed by atoms with Crippen molar-refractivity contribution in [2.75, 3.05) is 20.2 Å². The minimum Gasteiger partial charge on any atom is -0.384 e. The van der Waals surface area contributed by atoms with Crippen LogP contribution in [0.15, 0.2) is 24.3 Å². The number of benzene rings is 1. The predicted octanol–water partition coefficient (Wildman–Crippen LogP) is 2.12. The van der Waals surface area contributed by atoms with Crippen LogP contribution in [0, 0.1) is 23.7 Å². The molecular weight excluding hydrogens is 222 g/mol. The zero-order valence-corrected chi connectivity index (χ0v) is 11.2. The van der Waals surface area contributed by atoms with E-state index in [0.29, 0.717) is 0 Å². The normalized spacial score (nSPS) is 21.6. The van der Waals surface area contributed by atoms with Crippen LogP contribution in [0.25, 0.3) is 0 Å². The molecule has 0 radical (unpaired) electrons. The number of aliphatic hydroxyl groups excluding tert-OH is 1. The molecule has 1 N–H and O–H groups in total. The quantitative estimate of drug-likeness (QED) is 0.819. The van der Waals surface area contributed by atoms with Crippen LogP contribution in [0.4, 0.5) is 0 Å². The second-order valence-corrected chi connectivity index (χ2v) is 5.29. The van der Waals surface area contributed by atoms with Gasteiger partial charge in [0.2, 0.25) is 0 Å². The fraction of sp³-hybridized carbons (Fsp3) is 0.500. The highest BCUT2D eigenvalue weighted by Crippen LogP contribution is 2.38. The molecule has 0 aromatic heterocycles. The van der Waals surface area contributed by atoms with E-state index >= 15 is 0 Å². The van der Waals surface area contributed by atoms with E-state index in [1.165, 1.54) is 18.5 Å².